The van der Waals surface area contributed by atoms with Gasteiger partial charge in [0.25, 0.3) is 0 Å². The highest BCUT2D eigenvalue weighted by atomic mass is 32.2. The Bertz CT molecular complexity index is 681. The second-order valence-corrected chi connectivity index (χ2v) is 10.6. The summed E-state index contributed by atoms with van der Waals surface area (Å²) in [6.07, 6.45) is 5.31. The van der Waals surface area contributed by atoms with Crippen LogP contribution in [0.25, 0.3) is 0 Å². The van der Waals surface area contributed by atoms with E-state index in [1.54, 1.807) is 0 Å². The quantitative estimate of drug-likeness (QED) is 0.864. The van der Waals surface area contributed by atoms with Crippen LogP contribution in [0.1, 0.15) is 70.9 Å². The molecule has 1 aromatic carbocycles. The summed E-state index contributed by atoms with van der Waals surface area (Å²) in [5.74, 6) is -0.463. The summed E-state index contributed by atoms with van der Waals surface area (Å²) < 4.78 is 25.2. The summed E-state index contributed by atoms with van der Waals surface area (Å²) in [6, 6.07) is 7.77. The maximum absolute atomic E-state index is 12.6. The lowest BCUT2D eigenvalue weighted by Gasteiger charge is -2.24. The Kier molecular flexibility index (Phi) is 6.30. The topological polar surface area (TPSA) is 63.2 Å². The van der Waals surface area contributed by atoms with Crippen LogP contribution >= 0.6 is 0 Å². The van der Waals surface area contributed by atoms with Gasteiger partial charge < -0.3 is 5.32 Å². The Morgan fingerprint density at radius 3 is 2.20 bits per heavy atom. The van der Waals surface area contributed by atoms with Crippen LogP contribution in [0.4, 0.5) is 0 Å². The molecule has 1 fully saturated rings. The van der Waals surface area contributed by atoms with Crippen LogP contribution in [-0.4, -0.2) is 25.6 Å². The van der Waals surface area contributed by atoms with Crippen LogP contribution in [0, 0.1) is 0 Å². The zero-order valence-corrected chi connectivity index (χ0v) is 16.7. The van der Waals surface area contributed by atoms with Gasteiger partial charge in [-0.2, -0.15) is 0 Å². The summed E-state index contributed by atoms with van der Waals surface area (Å²) in [5.41, 5.74) is 1.92. The minimum absolute atomic E-state index is 0.0323. The molecule has 0 heterocycles. The second-order valence-electron chi connectivity index (χ2n) is 8.24. The zero-order valence-electron chi connectivity index (χ0n) is 15.8. The first-order chi connectivity index (χ1) is 11.6. The SMILES string of the molecule is C[C@H](C(=O)NC1CCCCC1)S(=O)(=O)Cc1ccc(C(C)(C)C)cc1. The molecule has 1 amide bonds. The molecule has 0 aromatic heterocycles. The standard InChI is InChI=1S/C20H31NO3S/c1-15(19(22)21-18-8-6-5-7-9-18)25(23,24)14-16-10-12-17(13-11-16)20(2,3)4/h10-13,15,18H,5-9,14H2,1-4H3,(H,21,22)/t15-/m1/s1. The number of hydrogen-bond donors (Lipinski definition) is 1. The van der Waals surface area contributed by atoms with Gasteiger partial charge in [0, 0.05) is 6.04 Å². The monoisotopic (exact) mass is 365 g/mol. The van der Waals surface area contributed by atoms with Crippen molar-refractivity contribution < 1.29 is 13.2 Å². The van der Waals surface area contributed by atoms with Gasteiger partial charge in [-0.3, -0.25) is 4.79 Å². The molecule has 0 saturated heterocycles. The molecule has 1 aromatic rings. The van der Waals surface area contributed by atoms with Gasteiger partial charge in [0.1, 0.15) is 5.25 Å². The molecule has 5 heteroatoms. The first kappa shape index (κ1) is 20.0. The maximum Gasteiger partial charge on any atom is 0.238 e. The Morgan fingerprint density at radius 2 is 1.68 bits per heavy atom. The number of amides is 1. The predicted octanol–water partition coefficient (Wildman–Crippen LogP) is 3.74. The lowest BCUT2D eigenvalue weighted by Crippen LogP contribution is -2.44. The minimum atomic E-state index is -3.52. The number of nitrogens with one attached hydrogen (secondary N) is 1. The van der Waals surface area contributed by atoms with E-state index in [1.165, 1.54) is 13.3 Å². The molecule has 0 bridgehead atoms. The van der Waals surface area contributed by atoms with Gasteiger partial charge in [-0.15, -0.1) is 0 Å². The van der Waals surface area contributed by atoms with Crippen molar-refractivity contribution in [1.82, 2.24) is 5.32 Å². The molecule has 140 valence electrons. The van der Waals surface area contributed by atoms with Crippen molar-refractivity contribution in [3.8, 4) is 0 Å². The fraction of sp³-hybridized carbons (Fsp3) is 0.650. The highest BCUT2D eigenvalue weighted by Gasteiger charge is 2.30. The summed E-state index contributed by atoms with van der Waals surface area (Å²) >= 11 is 0. The smallest absolute Gasteiger partial charge is 0.238 e. The van der Waals surface area contributed by atoms with Gasteiger partial charge in [0.2, 0.25) is 5.91 Å². The first-order valence-electron chi connectivity index (χ1n) is 9.21. The van der Waals surface area contributed by atoms with E-state index in [9.17, 15) is 13.2 Å². The number of sulfone groups is 1. The van der Waals surface area contributed by atoms with E-state index in [2.05, 4.69) is 26.1 Å². The number of benzene rings is 1. The van der Waals surface area contributed by atoms with Crippen LogP contribution in [-0.2, 0) is 25.8 Å². The summed E-state index contributed by atoms with van der Waals surface area (Å²) in [5, 5.41) is 1.90. The largest absolute Gasteiger partial charge is 0.352 e. The molecule has 1 atom stereocenters. The van der Waals surface area contributed by atoms with Crippen molar-refractivity contribution in [2.24, 2.45) is 0 Å². The van der Waals surface area contributed by atoms with E-state index < -0.39 is 15.1 Å². The lowest BCUT2D eigenvalue weighted by molar-refractivity contribution is -0.121. The van der Waals surface area contributed by atoms with E-state index in [0.29, 0.717) is 0 Å². The van der Waals surface area contributed by atoms with Crippen LogP contribution < -0.4 is 5.32 Å². The third-order valence-electron chi connectivity index (χ3n) is 5.05. The van der Waals surface area contributed by atoms with Gasteiger partial charge >= 0.3 is 0 Å². The van der Waals surface area contributed by atoms with Crippen molar-refractivity contribution in [1.29, 1.82) is 0 Å². The van der Waals surface area contributed by atoms with Crippen molar-refractivity contribution >= 4 is 15.7 Å². The van der Waals surface area contributed by atoms with Gasteiger partial charge in [-0.25, -0.2) is 8.42 Å². The van der Waals surface area contributed by atoms with E-state index in [4.69, 9.17) is 0 Å². The van der Waals surface area contributed by atoms with Crippen molar-refractivity contribution in [2.45, 2.75) is 82.3 Å². The van der Waals surface area contributed by atoms with Crippen LogP contribution in [0.15, 0.2) is 24.3 Å². The molecule has 1 N–H and O–H groups in total. The normalized spacial score (nSPS) is 17.9. The molecule has 1 aliphatic rings. The van der Waals surface area contributed by atoms with E-state index >= 15 is 0 Å². The van der Waals surface area contributed by atoms with Crippen molar-refractivity contribution in [3.63, 3.8) is 0 Å². The number of carbonyl (C=O) groups is 1. The summed E-state index contributed by atoms with van der Waals surface area (Å²) in [6.45, 7) is 7.86. The summed E-state index contributed by atoms with van der Waals surface area (Å²) in [4.78, 5) is 12.3. The molecule has 4 nitrogen and oxygen atoms in total. The van der Waals surface area contributed by atoms with Crippen LogP contribution in [0.5, 0.6) is 0 Å². The molecular formula is C20H31NO3S. The Labute approximate surface area is 152 Å². The molecular weight excluding hydrogens is 334 g/mol. The van der Waals surface area contributed by atoms with Crippen LogP contribution in [0.2, 0.25) is 0 Å². The molecule has 0 radical (unpaired) electrons. The highest BCUT2D eigenvalue weighted by Crippen LogP contribution is 2.23. The lowest BCUT2D eigenvalue weighted by atomic mass is 9.87. The molecule has 1 aliphatic carbocycles. The molecule has 0 spiro atoms. The molecule has 0 unspecified atom stereocenters. The Morgan fingerprint density at radius 1 is 1.12 bits per heavy atom. The highest BCUT2D eigenvalue weighted by molar-refractivity contribution is 7.92. The number of rotatable bonds is 5. The van der Waals surface area contributed by atoms with Crippen molar-refractivity contribution in [2.75, 3.05) is 0 Å². The second kappa shape index (κ2) is 7.90. The number of hydrogen-bond acceptors (Lipinski definition) is 3. The third-order valence-corrected chi connectivity index (χ3v) is 7.07. The Balaban J connectivity index is 2.00. The van der Waals surface area contributed by atoms with Gasteiger partial charge in [-0.1, -0.05) is 64.3 Å². The van der Waals surface area contributed by atoms with E-state index in [1.807, 2.05) is 24.3 Å². The Hall–Kier alpha value is -1.36. The van der Waals surface area contributed by atoms with E-state index in [-0.39, 0.29) is 23.1 Å². The molecule has 1 saturated carbocycles. The van der Waals surface area contributed by atoms with E-state index in [0.717, 1.165) is 36.8 Å². The molecule has 0 aliphatic heterocycles. The van der Waals surface area contributed by atoms with Crippen molar-refractivity contribution in [3.05, 3.63) is 35.4 Å². The van der Waals surface area contributed by atoms with Gasteiger partial charge in [-0.05, 0) is 36.3 Å². The molecule has 25 heavy (non-hydrogen) atoms. The molecule has 2 rings (SSSR count). The zero-order chi connectivity index (χ0) is 18.7. The average Bonchev–Trinajstić information content (AvgIpc) is 2.54. The number of carbonyl (C=O) groups excluding carboxylic acids is 1. The maximum atomic E-state index is 12.6. The predicted molar refractivity (Wildman–Crippen MR) is 102 cm³/mol. The third kappa shape index (κ3) is 5.56. The van der Waals surface area contributed by atoms with Crippen LogP contribution in [0.3, 0.4) is 0 Å². The van der Waals surface area contributed by atoms with Gasteiger partial charge in [0.05, 0.1) is 5.75 Å². The average molecular weight is 366 g/mol. The fourth-order valence-electron chi connectivity index (χ4n) is 3.19. The minimum Gasteiger partial charge on any atom is -0.352 e. The first-order valence-corrected chi connectivity index (χ1v) is 10.9. The summed E-state index contributed by atoms with van der Waals surface area (Å²) in [7, 11) is -3.52. The fourth-order valence-corrected chi connectivity index (χ4v) is 4.49. The van der Waals surface area contributed by atoms with Gasteiger partial charge in [0.15, 0.2) is 9.84 Å².